The molecule has 172 valence electrons. The van der Waals surface area contributed by atoms with Crippen LogP contribution in [0.15, 0.2) is 72.8 Å². The van der Waals surface area contributed by atoms with E-state index in [1.165, 1.54) is 4.90 Å². The highest BCUT2D eigenvalue weighted by Crippen LogP contribution is 2.34. The molecule has 0 radical (unpaired) electrons. The van der Waals surface area contributed by atoms with Crippen molar-refractivity contribution in [3.63, 3.8) is 0 Å². The number of amides is 2. The number of carbonyl (C=O) groups is 2. The second-order valence-electron chi connectivity index (χ2n) is 7.88. The van der Waals surface area contributed by atoms with E-state index in [9.17, 15) is 9.59 Å². The minimum absolute atomic E-state index is 0.00260. The quantitative estimate of drug-likeness (QED) is 0.411. The zero-order valence-corrected chi connectivity index (χ0v) is 19.5. The third kappa shape index (κ3) is 4.42. The summed E-state index contributed by atoms with van der Waals surface area (Å²) >= 11 is 11.7. The molecule has 0 spiro atoms. The van der Waals surface area contributed by atoms with Gasteiger partial charge in [0.1, 0.15) is 6.04 Å². The van der Waals surface area contributed by atoms with E-state index < -0.39 is 6.04 Å². The van der Waals surface area contributed by atoms with Gasteiger partial charge in [0.25, 0.3) is 5.91 Å². The Morgan fingerprint density at radius 3 is 2.53 bits per heavy atom. The van der Waals surface area contributed by atoms with Crippen molar-refractivity contribution in [2.75, 3.05) is 17.0 Å². The van der Waals surface area contributed by atoms with Crippen molar-refractivity contribution >= 4 is 52.1 Å². The van der Waals surface area contributed by atoms with Crippen LogP contribution in [0.5, 0.6) is 11.5 Å². The van der Waals surface area contributed by atoms with Crippen LogP contribution in [0.4, 0.5) is 11.4 Å². The lowest BCUT2D eigenvalue weighted by molar-refractivity contribution is -0.122. The van der Waals surface area contributed by atoms with Gasteiger partial charge in [-0.15, -0.1) is 0 Å². The van der Waals surface area contributed by atoms with E-state index in [0.29, 0.717) is 33.9 Å². The Balaban J connectivity index is 1.44. The van der Waals surface area contributed by atoms with Crippen molar-refractivity contribution < 1.29 is 19.1 Å². The summed E-state index contributed by atoms with van der Waals surface area (Å²) in [5, 5.41) is 4.06. The maximum absolute atomic E-state index is 13.5. The molecule has 0 aromatic heterocycles. The van der Waals surface area contributed by atoms with Gasteiger partial charge in [-0.2, -0.15) is 0 Å². The maximum atomic E-state index is 13.5. The second kappa shape index (κ2) is 9.32. The molecule has 0 bridgehead atoms. The van der Waals surface area contributed by atoms with Gasteiger partial charge < -0.3 is 19.7 Å². The van der Waals surface area contributed by atoms with Gasteiger partial charge in [-0.1, -0.05) is 35.9 Å². The number of halogens is 1. The van der Waals surface area contributed by atoms with Crippen LogP contribution in [0.25, 0.3) is 0 Å². The fourth-order valence-corrected chi connectivity index (χ4v) is 4.43. The van der Waals surface area contributed by atoms with Crippen molar-refractivity contribution in [3.05, 3.63) is 83.4 Å². The minimum atomic E-state index is -0.766. The summed E-state index contributed by atoms with van der Waals surface area (Å²) in [5.74, 6) is 0.665. The number of rotatable bonds is 5. The molecule has 2 heterocycles. The lowest BCUT2D eigenvalue weighted by Crippen LogP contribution is -2.46. The molecule has 9 heteroatoms. The smallest absolute Gasteiger partial charge is 0.257 e. The molecule has 2 aliphatic rings. The van der Waals surface area contributed by atoms with Crippen molar-refractivity contribution in [1.82, 2.24) is 4.90 Å². The number of hydrogen-bond acceptors (Lipinski definition) is 5. The minimum Gasteiger partial charge on any atom is -0.454 e. The Morgan fingerprint density at radius 2 is 1.76 bits per heavy atom. The lowest BCUT2D eigenvalue weighted by atomic mass is 10.1. The molecular weight excluding hydrogens is 474 g/mol. The number of para-hydroxylation sites is 1. The summed E-state index contributed by atoms with van der Waals surface area (Å²) in [4.78, 5) is 29.3. The molecule has 0 aliphatic carbocycles. The van der Waals surface area contributed by atoms with Crippen molar-refractivity contribution in [2.24, 2.45) is 0 Å². The normalized spacial score (nSPS) is 16.6. The highest BCUT2D eigenvalue weighted by Gasteiger charge is 2.43. The Kier molecular flexibility index (Phi) is 6.08. The molecule has 7 nitrogen and oxygen atoms in total. The van der Waals surface area contributed by atoms with E-state index in [2.05, 4.69) is 5.32 Å². The van der Waals surface area contributed by atoms with E-state index in [-0.39, 0.29) is 25.0 Å². The number of thiocarbonyl (C=S) groups is 1. The molecule has 5 rings (SSSR count). The first-order chi connectivity index (χ1) is 16.5. The number of carbonyl (C=O) groups excluding carboxylic acids is 2. The van der Waals surface area contributed by atoms with Gasteiger partial charge in [0.05, 0.1) is 12.1 Å². The highest BCUT2D eigenvalue weighted by atomic mass is 35.5. The molecule has 3 aromatic rings. The van der Waals surface area contributed by atoms with Crippen LogP contribution < -0.4 is 19.7 Å². The Labute approximate surface area is 206 Å². The van der Waals surface area contributed by atoms with E-state index in [1.54, 1.807) is 29.2 Å². The zero-order chi connectivity index (χ0) is 23.7. The van der Waals surface area contributed by atoms with E-state index in [0.717, 1.165) is 11.3 Å². The van der Waals surface area contributed by atoms with Gasteiger partial charge >= 0.3 is 0 Å². The molecule has 2 aliphatic heterocycles. The molecule has 3 aromatic carbocycles. The van der Waals surface area contributed by atoms with Crippen molar-refractivity contribution in [1.29, 1.82) is 0 Å². The predicted octanol–water partition coefficient (Wildman–Crippen LogP) is 4.60. The van der Waals surface area contributed by atoms with Gasteiger partial charge in [0, 0.05) is 17.3 Å². The van der Waals surface area contributed by atoms with Gasteiger partial charge in [-0.3, -0.25) is 9.59 Å². The topological polar surface area (TPSA) is 71.1 Å². The monoisotopic (exact) mass is 493 g/mol. The van der Waals surface area contributed by atoms with Gasteiger partial charge in [0.15, 0.2) is 16.6 Å². The second-order valence-corrected chi connectivity index (χ2v) is 8.70. The van der Waals surface area contributed by atoms with Gasteiger partial charge in [0.2, 0.25) is 12.7 Å². The summed E-state index contributed by atoms with van der Waals surface area (Å²) in [7, 11) is 0. The molecule has 1 saturated heterocycles. The van der Waals surface area contributed by atoms with Gasteiger partial charge in [-0.05, 0) is 66.3 Å². The van der Waals surface area contributed by atoms with Crippen LogP contribution in [0, 0.1) is 0 Å². The number of imide groups is 1. The molecule has 1 N–H and O–H groups in total. The largest absolute Gasteiger partial charge is 0.454 e. The molecule has 2 amide bonds. The van der Waals surface area contributed by atoms with Crippen LogP contribution in [-0.4, -0.2) is 34.7 Å². The summed E-state index contributed by atoms with van der Waals surface area (Å²) in [5.41, 5.74) is 2.13. The van der Waals surface area contributed by atoms with E-state index >= 15 is 0 Å². The van der Waals surface area contributed by atoms with Crippen molar-refractivity contribution in [2.45, 2.75) is 19.0 Å². The Hall–Kier alpha value is -3.62. The van der Waals surface area contributed by atoms with Crippen molar-refractivity contribution in [3.8, 4) is 11.5 Å². The number of nitrogens with one attached hydrogen (secondary N) is 1. The molecule has 0 saturated carbocycles. The zero-order valence-electron chi connectivity index (χ0n) is 17.9. The number of fused-ring (bicyclic) bond motifs is 1. The average molecular weight is 494 g/mol. The maximum Gasteiger partial charge on any atom is 0.257 e. The third-order valence-corrected chi connectivity index (χ3v) is 6.25. The standard InChI is InChI=1S/C25H20ClN3O4S/c26-17-7-9-19(10-8-17)29-23(30)13-20(24(29)31)28(25(34)27-18-4-2-1-3-5-18)14-16-6-11-21-22(12-16)33-15-32-21/h1-12,20H,13-15H2,(H,27,34). The SMILES string of the molecule is O=C1CC(N(Cc2ccc3c(c2)OCO3)C(=S)Nc2ccccc2)C(=O)N1c1ccc(Cl)cc1. The number of benzene rings is 3. The summed E-state index contributed by atoms with van der Waals surface area (Å²) in [6.45, 7) is 0.468. The lowest BCUT2D eigenvalue weighted by Gasteiger charge is -2.30. The summed E-state index contributed by atoms with van der Waals surface area (Å²) in [6.07, 6.45) is 0.00260. The van der Waals surface area contributed by atoms with Crippen LogP contribution in [0.2, 0.25) is 5.02 Å². The first-order valence-corrected chi connectivity index (χ1v) is 11.4. The van der Waals surface area contributed by atoms with E-state index in [1.807, 2.05) is 48.5 Å². The molecule has 34 heavy (non-hydrogen) atoms. The molecule has 1 unspecified atom stereocenters. The predicted molar refractivity (Wildman–Crippen MR) is 133 cm³/mol. The summed E-state index contributed by atoms with van der Waals surface area (Å²) in [6, 6.07) is 20.9. The number of ether oxygens (including phenoxy) is 2. The first-order valence-electron chi connectivity index (χ1n) is 10.6. The number of hydrogen-bond donors (Lipinski definition) is 1. The molecule has 1 atom stereocenters. The number of anilines is 2. The van der Waals surface area contributed by atoms with Crippen LogP contribution >= 0.6 is 23.8 Å². The molecular formula is C25H20ClN3O4S. The Morgan fingerprint density at radius 1 is 1.03 bits per heavy atom. The average Bonchev–Trinajstić information content (AvgIpc) is 3.42. The van der Waals surface area contributed by atoms with Crippen LogP contribution in [0.3, 0.4) is 0 Å². The Bertz CT molecular complexity index is 1250. The van der Waals surface area contributed by atoms with E-state index in [4.69, 9.17) is 33.3 Å². The van der Waals surface area contributed by atoms with Crippen LogP contribution in [0.1, 0.15) is 12.0 Å². The fraction of sp³-hybridized carbons (Fsp3) is 0.160. The highest BCUT2D eigenvalue weighted by molar-refractivity contribution is 7.80. The van der Waals surface area contributed by atoms with Crippen LogP contribution in [-0.2, 0) is 16.1 Å². The third-order valence-electron chi connectivity index (χ3n) is 5.66. The molecule has 1 fully saturated rings. The fourth-order valence-electron chi connectivity index (χ4n) is 4.00. The van der Waals surface area contributed by atoms with Gasteiger partial charge in [-0.25, -0.2) is 4.90 Å². The summed E-state index contributed by atoms with van der Waals surface area (Å²) < 4.78 is 10.9. The first kappa shape index (κ1) is 22.2. The number of nitrogens with zero attached hydrogens (tertiary/aromatic N) is 2.